The number of nitrogens with two attached hydrogens (primary N) is 1. The first-order valence-electron chi connectivity index (χ1n) is 5.64. The van der Waals surface area contributed by atoms with E-state index in [-0.39, 0.29) is 0 Å². The van der Waals surface area contributed by atoms with Gasteiger partial charge in [0.25, 0.3) is 5.89 Å². The van der Waals surface area contributed by atoms with Crippen LogP contribution in [-0.4, -0.2) is 15.1 Å². The summed E-state index contributed by atoms with van der Waals surface area (Å²) in [4.78, 5) is 8.32. The molecule has 5 nitrogen and oxygen atoms in total. The molecule has 2 heterocycles. The first kappa shape index (κ1) is 13.3. The summed E-state index contributed by atoms with van der Waals surface area (Å²) in [6.07, 6.45) is 3.35. The highest BCUT2D eigenvalue weighted by molar-refractivity contribution is 9.11. The molecule has 0 bridgehead atoms. The zero-order chi connectivity index (χ0) is 14.1. The van der Waals surface area contributed by atoms with Gasteiger partial charge in [0, 0.05) is 26.9 Å². The lowest BCUT2D eigenvalue weighted by molar-refractivity contribution is 0.432. The molecular formula is C13H8Br2N4O. The van der Waals surface area contributed by atoms with Crippen molar-refractivity contribution in [2.24, 2.45) is 0 Å². The summed E-state index contributed by atoms with van der Waals surface area (Å²) >= 11 is 6.81. The van der Waals surface area contributed by atoms with Gasteiger partial charge in [-0.25, -0.2) is 0 Å². The second-order valence-electron chi connectivity index (χ2n) is 4.01. The van der Waals surface area contributed by atoms with E-state index in [2.05, 4.69) is 47.0 Å². The second-order valence-corrected chi connectivity index (χ2v) is 5.78. The predicted molar refractivity (Wildman–Crippen MR) is 82.8 cm³/mol. The van der Waals surface area contributed by atoms with Gasteiger partial charge in [-0.1, -0.05) is 21.1 Å². The average Bonchev–Trinajstić information content (AvgIpc) is 2.93. The highest BCUT2D eigenvalue weighted by Crippen LogP contribution is 2.35. The Morgan fingerprint density at radius 2 is 1.85 bits per heavy atom. The number of nitrogen functional groups attached to an aromatic ring is 1. The van der Waals surface area contributed by atoms with Crippen LogP contribution in [0, 0.1) is 0 Å². The van der Waals surface area contributed by atoms with E-state index in [9.17, 15) is 0 Å². The van der Waals surface area contributed by atoms with E-state index >= 15 is 0 Å². The van der Waals surface area contributed by atoms with Gasteiger partial charge < -0.3 is 10.3 Å². The van der Waals surface area contributed by atoms with Crippen LogP contribution in [-0.2, 0) is 0 Å². The molecule has 0 aliphatic carbocycles. The van der Waals surface area contributed by atoms with Crippen LogP contribution >= 0.6 is 31.9 Å². The van der Waals surface area contributed by atoms with E-state index < -0.39 is 0 Å². The van der Waals surface area contributed by atoms with E-state index in [1.54, 1.807) is 12.4 Å². The first-order chi connectivity index (χ1) is 9.65. The van der Waals surface area contributed by atoms with Gasteiger partial charge in [0.2, 0.25) is 5.82 Å². The molecule has 0 unspecified atom stereocenters. The molecule has 2 N–H and O–H groups in total. The molecule has 0 aliphatic heterocycles. The fraction of sp³-hybridized carbons (Fsp3) is 0. The quantitative estimate of drug-likeness (QED) is 0.665. The van der Waals surface area contributed by atoms with Crippen LogP contribution in [0.3, 0.4) is 0 Å². The molecule has 0 saturated heterocycles. The van der Waals surface area contributed by atoms with E-state index in [1.165, 1.54) is 0 Å². The summed E-state index contributed by atoms with van der Waals surface area (Å²) in [6.45, 7) is 0. The van der Waals surface area contributed by atoms with Crippen LogP contribution in [0.4, 0.5) is 5.69 Å². The van der Waals surface area contributed by atoms with Crippen LogP contribution in [0.15, 0.2) is 50.1 Å². The van der Waals surface area contributed by atoms with Crippen LogP contribution < -0.4 is 5.73 Å². The van der Waals surface area contributed by atoms with Crippen LogP contribution in [0.1, 0.15) is 0 Å². The number of rotatable bonds is 2. The molecule has 0 amide bonds. The lowest BCUT2D eigenvalue weighted by Crippen LogP contribution is -1.92. The van der Waals surface area contributed by atoms with Crippen molar-refractivity contribution in [3.63, 3.8) is 0 Å². The average molecular weight is 396 g/mol. The summed E-state index contributed by atoms with van der Waals surface area (Å²) in [6, 6.07) is 7.33. The summed E-state index contributed by atoms with van der Waals surface area (Å²) in [5, 5.41) is 3.96. The van der Waals surface area contributed by atoms with Gasteiger partial charge in [0.15, 0.2) is 0 Å². The minimum absolute atomic E-state index is 0.372. The van der Waals surface area contributed by atoms with E-state index in [4.69, 9.17) is 10.3 Å². The number of nitrogens with zero attached hydrogens (tertiary/aromatic N) is 3. The molecular weight excluding hydrogens is 388 g/mol. The van der Waals surface area contributed by atoms with Gasteiger partial charge in [0.05, 0.1) is 11.3 Å². The number of benzene rings is 1. The number of pyridine rings is 1. The number of aromatic nitrogens is 3. The fourth-order valence-corrected chi connectivity index (χ4v) is 2.94. The molecule has 0 saturated carbocycles. The number of hydrogen-bond acceptors (Lipinski definition) is 5. The molecule has 100 valence electrons. The Hall–Kier alpha value is -1.73. The Morgan fingerprint density at radius 3 is 2.60 bits per heavy atom. The van der Waals surface area contributed by atoms with Gasteiger partial charge in [-0.3, -0.25) is 4.98 Å². The molecule has 1 aromatic carbocycles. The maximum atomic E-state index is 6.03. The Balaban J connectivity index is 2.07. The van der Waals surface area contributed by atoms with Crippen LogP contribution in [0.25, 0.3) is 22.8 Å². The van der Waals surface area contributed by atoms with E-state index in [0.29, 0.717) is 23.0 Å². The Labute approximate surface area is 131 Å². The maximum absolute atomic E-state index is 6.03. The van der Waals surface area contributed by atoms with Gasteiger partial charge in [-0.2, -0.15) is 4.98 Å². The summed E-state index contributed by atoms with van der Waals surface area (Å²) in [7, 11) is 0. The van der Waals surface area contributed by atoms with Gasteiger partial charge >= 0.3 is 0 Å². The molecule has 0 spiro atoms. The van der Waals surface area contributed by atoms with Crippen molar-refractivity contribution in [1.82, 2.24) is 15.1 Å². The van der Waals surface area contributed by atoms with Gasteiger partial charge in [0.1, 0.15) is 0 Å². The third kappa shape index (κ3) is 2.46. The molecule has 0 radical (unpaired) electrons. The lowest BCUT2D eigenvalue weighted by Gasteiger charge is -2.04. The standard InChI is InChI=1S/C13H8Br2N4O/c14-8-5-9(11(16)10(15)6-8)13-18-12(19-20-13)7-1-3-17-4-2-7/h1-6H,16H2. The smallest absolute Gasteiger partial charge is 0.260 e. The van der Waals surface area contributed by atoms with Crippen LogP contribution in [0.2, 0.25) is 0 Å². The minimum atomic E-state index is 0.372. The number of anilines is 1. The normalized spacial score (nSPS) is 10.7. The van der Waals surface area contributed by atoms with Crippen LogP contribution in [0.5, 0.6) is 0 Å². The zero-order valence-electron chi connectivity index (χ0n) is 10.0. The van der Waals surface area contributed by atoms with Crippen molar-refractivity contribution in [1.29, 1.82) is 0 Å². The van der Waals surface area contributed by atoms with Crippen molar-refractivity contribution < 1.29 is 4.52 Å². The monoisotopic (exact) mass is 394 g/mol. The molecule has 7 heteroatoms. The van der Waals surface area contributed by atoms with E-state index in [0.717, 1.165) is 14.5 Å². The number of halogens is 2. The van der Waals surface area contributed by atoms with E-state index in [1.807, 2.05) is 24.3 Å². The maximum Gasteiger partial charge on any atom is 0.260 e. The molecule has 20 heavy (non-hydrogen) atoms. The Morgan fingerprint density at radius 1 is 1.10 bits per heavy atom. The summed E-state index contributed by atoms with van der Waals surface area (Å²) < 4.78 is 6.93. The molecule has 3 aromatic rings. The molecule has 0 atom stereocenters. The predicted octanol–water partition coefficient (Wildman–Crippen LogP) is 3.91. The highest BCUT2D eigenvalue weighted by atomic mass is 79.9. The lowest BCUT2D eigenvalue weighted by atomic mass is 10.2. The van der Waals surface area contributed by atoms with Crippen molar-refractivity contribution in [3.8, 4) is 22.8 Å². The highest BCUT2D eigenvalue weighted by Gasteiger charge is 2.15. The SMILES string of the molecule is Nc1c(Br)cc(Br)cc1-c1nc(-c2ccncc2)no1. The first-order valence-corrected chi connectivity index (χ1v) is 7.23. The zero-order valence-corrected chi connectivity index (χ0v) is 13.2. The second kappa shape index (κ2) is 5.34. The van der Waals surface area contributed by atoms with Crippen molar-refractivity contribution in [2.75, 3.05) is 5.73 Å². The van der Waals surface area contributed by atoms with Crippen molar-refractivity contribution in [2.45, 2.75) is 0 Å². The molecule has 3 rings (SSSR count). The topological polar surface area (TPSA) is 77.8 Å². The fourth-order valence-electron chi connectivity index (χ4n) is 1.71. The summed E-state index contributed by atoms with van der Waals surface area (Å²) in [5.74, 6) is 0.870. The third-order valence-electron chi connectivity index (χ3n) is 2.69. The largest absolute Gasteiger partial charge is 0.397 e. The Kier molecular flexibility index (Phi) is 3.54. The van der Waals surface area contributed by atoms with Crippen molar-refractivity contribution >= 4 is 37.5 Å². The summed E-state index contributed by atoms with van der Waals surface area (Å²) in [5.41, 5.74) is 8.10. The van der Waals surface area contributed by atoms with Gasteiger partial charge in [-0.15, -0.1) is 0 Å². The molecule has 2 aromatic heterocycles. The Bertz CT molecular complexity index is 758. The minimum Gasteiger partial charge on any atom is -0.397 e. The molecule has 0 aliphatic rings. The third-order valence-corrected chi connectivity index (χ3v) is 3.80. The van der Waals surface area contributed by atoms with Crippen molar-refractivity contribution in [3.05, 3.63) is 45.6 Å². The number of hydrogen-bond donors (Lipinski definition) is 1. The van der Waals surface area contributed by atoms with Gasteiger partial charge in [-0.05, 0) is 40.2 Å². The molecule has 0 fully saturated rings.